The van der Waals surface area contributed by atoms with Crippen LogP contribution in [-0.4, -0.2) is 11.1 Å². The molecule has 1 aliphatic carbocycles. The normalized spacial score (nSPS) is 25.7. The average Bonchev–Trinajstić information content (AvgIpc) is 2.75. The standard InChI is InChI=1S/C11H13BrO2S/c12-10-5-4-8(15-10)6-7-2-1-3-9(7)11(13)14/h4-5,7,9H,1-3,6H2,(H,13,14). The van der Waals surface area contributed by atoms with Crippen molar-refractivity contribution in [3.05, 3.63) is 20.8 Å². The summed E-state index contributed by atoms with van der Waals surface area (Å²) in [5.74, 6) is -0.396. The molecule has 82 valence electrons. The van der Waals surface area contributed by atoms with Crippen LogP contribution < -0.4 is 0 Å². The molecule has 1 fully saturated rings. The van der Waals surface area contributed by atoms with Crippen LogP contribution >= 0.6 is 27.3 Å². The van der Waals surface area contributed by atoms with Crippen molar-refractivity contribution in [2.75, 3.05) is 0 Å². The number of rotatable bonds is 3. The Morgan fingerprint density at radius 2 is 2.33 bits per heavy atom. The summed E-state index contributed by atoms with van der Waals surface area (Å²) in [6.07, 6.45) is 3.90. The Hall–Kier alpha value is -0.350. The lowest BCUT2D eigenvalue weighted by atomic mass is 9.92. The predicted molar refractivity (Wildman–Crippen MR) is 64.2 cm³/mol. The summed E-state index contributed by atoms with van der Waals surface area (Å²) in [7, 11) is 0. The van der Waals surface area contributed by atoms with Crippen LogP contribution in [0.5, 0.6) is 0 Å². The van der Waals surface area contributed by atoms with Gasteiger partial charge in [-0.05, 0) is 53.2 Å². The molecule has 0 bridgehead atoms. The van der Waals surface area contributed by atoms with Gasteiger partial charge in [0.25, 0.3) is 0 Å². The van der Waals surface area contributed by atoms with Gasteiger partial charge in [0.2, 0.25) is 0 Å². The molecule has 0 radical (unpaired) electrons. The Morgan fingerprint density at radius 1 is 1.53 bits per heavy atom. The fourth-order valence-electron chi connectivity index (χ4n) is 2.33. The number of carboxylic acids is 1. The molecule has 1 aromatic heterocycles. The minimum absolute atomic E-state index is 0.120. The molecule has 4 heteroatoms. The largest absolute Gasteiger partial charge is 0.481 e. The zero-order valence-corrected chi connectivity index (χ0v) is 10.7. The first-order valence-electron chi connectivity index (χ1n) is 5.14. The first-order chi connectivity index (χ1) is 7.16. The predicted octanol–water partition coefficient (Wildman–Crippen LogP) is 3.55. The Balaban J connectivity index is 2.02. The number of hydrogen-bond acceptors (Lipinski definition) is 2. The van der Waals surface area contributed by atoms with Gasteiger partial charge in [-0.3, -0.25) is 4.79 Å². The van der Waals surface area contributed by atoms with Crippen LogP contribution in [0.3, 0.4) is 0 Å². The smallest absolute Gasteiger partial charge is 0.306 e. The second-order valence-electron chi connectivity index (χ2n) is 4.05. The maximum atomic E-state index is 11.0. The van der Waals surface area contributed by atoms with Gasteiger partial charge in [-0.2, -0.15) is 0 Å². The van der Waals surface area contributed by atoms with Gasteiger partial charge >= 0.3 is 5.97 Å². The van der Waals surface area contributed by atoms with Crippen LogP contribution in [0.2, 0.25) is 0 Å². The van der Waals surface area contributed by atoms with Gasteiger partial charge < -0.3 is 5.11 Å². The van der Waals surface area contributed by atoms with E-state index in [1.54, 1.807) is 11.3 Å². The van der Waals surface area contributed by atoms with Crippen molar-refractivity contribution in [3.63, 3.8) is 0 Å². The Kier molecular flexibility index (Phi) is 3.46. The fraction of sp³-hybridized carbons (Fsp3) is 0.545. The maximum absolute atomic E-state index is 11.0. The molecule has 2 atom stereocenters. The topological polar surface area (TPSA) is 37.3 Å². The third-order valence-corrected chi connectivity index (χ3v) is 4.71. The zero-order valence-electron chi connectivity index (χ0n) is 8.28. The third-order valence-electron chi connectivity index (χ3n) is 3.07. The molecule has 2 rings (SSSR count). The second-order valence-corrected chi connectivity index (χ2v) is 6.59. The molecule has 1 N–H and O–H groups in total. The number of aliphatic carboxylic acids is 1. The van der Waals surface area contributed by atoms with Crippen LogP contribution in [0, 0.1) is 11.8 Å². The van der Waals surface area contributed by atoms with Gasteiger partial charge in [-0.25, -0.2) is 0 Å². The summed E-state index contributed by atoms with van der Waals surface area (Å²) >= 11 is 5.14. The molecule has 2 unspecified atom stereocenters. The molecule has 0 amide bonds. The number of hydrogen-bond donors (Lipinski definition) is 1. The molecule has 0 aliphatic heterocycles. The van der Waals surface area contributed by atoms with E-state index in [9.17, 15) is 4.79 Å². The molecule has 0 saturated heterocycles. The first kappa shape index (κ1) is 11.1. The summed E-state index contributed by atoms with van der Waals surface area (Å²) in [4.78, 5) is 12.3. The lowest BCUT2D eigenvalue weighted by Gasteiger charge is -2.14. The van der Waals surface area contributed by atoms with Gasteiger partial charge in [-0.1, -0.05) is 6.42 Å². The van der Waals surface area contributed by atoms with E-state index in [4.69, 9.17) is 5.11 Å². The quantitative estimate of drug-likeness (QED) is 0.924. The number of halogens is 1. The van der Waals surface area contributed by atoms with Gasteiger partial charge in [0.05, 0.1) is 9.70 Å². The van der Waals surface area contributed by atoms with E-state index >= 15 is 0 Å². The Bertz CT molecular complexity index is 361. The van der Waals surface area contributed by atoms with Crippen molar-refractivity contribution in [2.24, 2.45) is 11.8 Å². The Morgan fingerprint density at radius 3 is 2.93 bits per heavy atom. The maximum Gasteiger partial charge on any atom is 0.306 e. The molecule has 1 aromatic rings. The minimum Gasteiger partial charge on any atom is -0.481 e. The van der Waals surface area contributed by atoms with Gasteiger partial charge in [-0.15, -0.1) is 11.3 Å². The summed E-state index contributed by atoms with van der Waals surface area (Å²) in [5.41, 5.74) is 0. The summed E-state index contributed by atoms with van der Waals surface area (Å²) in [6.45, 7) is 0. The van der Waals surface area contributed by atoms with Crippen molar-refractivity contribution >= 4 is 33.2 Å². The van der Waals surface area contributed by atoms with Crippen molar-refractivity contribution in [3.8, 4) is 0 Å². The molecule has 2 nitrogen and oxygen atoms in total. The summed E-state index contributed by atoms with van der Waals surface area (Å²) < 4.78 is 1.13. The lowest BCUT2D eigenvalue weighted by molar-refractivity contribution is -0.142. The molecule has 1 heterocycles. The van der Waals surface area contributed by atoms with Crippen molar-refractivity contribution in [1.82, 2.24) is 0 Å². The number of thiophene rings is 1. The van der Waals surface area contributed by atoms with E-state index < -0.39 is 5.97 Å². The van der Waals surface area contributed by atoms with Crippen LogP contribution in [-0.2, 0) is 11.2 Å². The van der Waals surface area contributed by atoms with Crippen LogP contribution in [0.4, 0.5) is 0 Å². The molecular weight excluding hydrogens is 276 g/mol. The van der Waals surface area contributed by atoms with Gasteiger partial charge in [0.1, 0.15) is 0 Å². The fourth-order valence-corrected chi connectivity index (χ4v) is 3.90. The average molecular weight is 289 g/mol. The van der Waals surface area contributed by atoms with Crippen molar-refractivity contribution in [2.45, 2.75) is 25.7 Å². The summed E-state index contributed by atoms with van der Waals surface area (Å²) in [5, 5.41) is 9.06. The van der Waals surface area contributed by atoms with E-state index in [2.05, 4.69) is 22.0 Å². The van der Waals surface area contributed by atoms with E-state index in [1.165, 1.54) is 4.88 Å². The Labute approximate surface area is 101 Å². The van der Waals surface area contributed by atoms with Gasteiger partial charge in [0.15, 0.2) is 0 Å². The summed E-state index contributed by atoms with van der Waals surface area (Å²) in [6, 6.07) is 4.12. The van der Waals surface area contributed by atoms with E-state index in [1.807, 2.05) is 6.07 Å². The highest BCUT2D eigenvalue weighted by molar-refractivity contribution is 9.11. The van der Waals surface area contributed by atoms with E-state index in [0.29, 0.717) is 5.92 Å². The number of carboxylic acid groups (broad SMARTS) is 1. The highest BCUT2D eigenvalue weighted by Crippen LogP contribution is 2.36. The molecule has 1 saturated carbocycles. The molecule has 15 heavy (non-hydrogen) atoms. The van der Waals surface area contributed by atoms with Crippen LogP contribution in [0.25, 0.3) is 0 Å². The second kappa shape index (κ2) is 4.66. The lowest BCUT2D eigenvalue weighted by Crippen LogP contribution is -2.19. The molecule has 1 aliphatic rings. The third kappa shape index (κ3) is 2.61. The highest BCUT2D eigenvalue weighted by Gasteiger charge is 2.32. The van der Waals surface area contributed by atoms with Gasteiger partial charge in [0, 0.05) is 4.88 Å². The van der Waals surface area contributed by atoms with Crippen molar-refractivity contribution < 1.29 is 9.90 Å². The monoisotopic (exact) mass is 288 g/mol. The molecular formula is C11H13BrO2S. The van der Waals surface area contributed by atoms with Crippen LogP contribution in [0.1, 0.15) is 24.1 Å². The number of carbonyl (C=O) groups is 1. The van der Waals surface area contributed by atoms with Crippen LogP contribution in [0.15, 0.2) is 15.9 Å². The van der Waals surface area contributed by atoms with E-state index in [-0.39, 0.29) is 5.92 Å². The highest BCUT2D eigenvalue weighted by atomic mass is 79.9. The minimum atomic E-state index is -0.617. The molecule has 0 aromatic carbocycles. The van der Waals surface area contributed by atoms with Crippen molar-refractivity contribution in [1.29, 1.82) is 0 Å². The molecule has 0 spiro atoms. The zero-order chi connectivity index (χ0) is 10.8. The first-order valence-corrected chi connectivity index (χ1v) is 6.75. The van der Waals surface area contributed by atoms with E-state index in [0.717, 1.165) is 29.5 Å². The SMILES string of the molecule is O=C(O)C1CCCC1Cc1ccc(Br)s1.